The van der Waals surface area contributed by atoms with E-state index in [0.29, 0.717) is 10.6 Å². The summed E-state index contributed by atoms with van der Waals surface area (Å²) >= 11 is 3.44. The van der Waals surface area contributed by atoms with Crippen LogP contribution in [-0.4, -0.2) is 11.9 Å². The quantitative estimate of drug-likeness (QED) is 0.745. The molecule has 0 fully saturated rings. The van der Waals surface area contributed by atoms with E-state index < -0.39 is 0 Å². The molecule has 1 aromatic rings. The van der Waals surface area contributed by atoms with E-state index in [4.69, 9.17) is 4.74 Å². The van der Waals surface area contributed by atoms with Crippen molar-refractivity contribution in [3.05, 3.63) is 29.6 Å². The van der Waals surface area contributed by atoms with E-state index >= 15 is 0 Å². The molecule has 1 atom stereocenters. The predicted octanol–water partition coefficient (Wildman–Crippen LogP) is 3.16. The Morgan fingerprint density at radius 1 is 1.54 bits per heavy atom. The van der Waals surface area contributed by atoms with Gasteiger partial charge in [0.1, 0.15) is 11.6 Å². The monoisotopic (exact) mass is 246 g/mol. The number of hydrogen-bond acceptors (Lipinski definition) is 1. The van der Waals surface area contributed by atoms with Gasteiger partial charge in [0, 0.05) is 10.9 Å². The van der Waals surface area contributed by atoms with E-state index in [-0.39, 0.29) is 5.82 Å². The van der Waals surface area contributed by atoms with Gasteiger partial charge in [0.05, 0.1) is 7.11 Å². The average Bonchev–Trinajstić information content (AvgIpc) is 2.07. The summed E-state index contributed by atoms with van der Waals surface area (Å²) in [5.74, 6) is 0.356. The molecule has 0 saturated carbocycles. The molecule has 0 spiro atoms. The number of benzene rings is 1. The Balaban J connectivity index is 2.92. The molecule has 3 heteroatoms. The second-order valence-corrected chi connectivity index (χ2v) is 4.50. The van der Waals surface area contributed by atoms with Crippen molar-refractivity contribution in [2.75, 3.05) is 7.11 Å². The number of halogens is 2. The van der Waals surface area contributed by atoms with Crippen LogP contribution >= 0.6 is 15.9 Å². The molecule has 0 radical (unpaired) electrons. The van der Waals surface area contributed by atoms with Gasteiger partial charge >= 0.3 is 0 Å². The van der Waals surface area contributed by atoms with Crippen molar-refractivity contribution < 1.29 is 9.13 Å². The molecule has 0 aliphatic rings. The summed E-state index contributed by atoms with van der Waals surface area (Å²) in [6.45, 7) is 2.04. The third-order valence-corrected chi connectivity index (χ3v) is 2.07. The van der Waals surface area contributed by atoms with Gasteiger partial charge in [0.2, 0.25) is 0 Å². The minimum atomic E-state index is -0.261. The Morgan fingerprint density at radius 3 is 2.77 bits per heavy atom. The molecule has 1 nitrogen and oxygen atoms in total. The van der Waals surface area contributed by atoms with Gasteiger partial charge in [-0.05, 0) is 18.1 Å². The van der Waals surface area contributed by atoms with Crippen molar-refractivity contribution in [2.24, 2.45) is 0 Å². The lowest BCUT2D eigenvalue weighted by Gasteiger charge is -2.09. The molecule has 0 aliphatic carbocycles. The minimum Gasteiger partial charge on any atom is -0.496 e. The van der Waals surface area contributed by atoms with Crippen LogP contribution in [0.25, 0.3) is 0 Å². The lowest BCUT2D eigenvalue weighted by Crippen LogP contribution is -1.99. The van der Waals surface area contributed by atoms with E-state index in [1.807, 2.05) is 6.92 Å². The highest BCUT2D eigenvalue weighted by atomic mass is 79.9. The SMILES string of the molecule is COc1cc(F)ccc1CC(C)Br. The number of methoxy groups -OCH3 is 1. The van der Waals surface area contributed by atoms with Gasteiger partial charge in [-0.2, -0.15) is 0 Å². The summed E-state index contributed by atoms with van der Waals surface area (Å²) in [7, 11) is 1.55. The summed E-state index contributed by atoms with van der Waals surface area (Å²) in [5, 5.41) is 0. The molecule has 0 amide bonds. The Kier molecular flexibility index (Phi) is 3.72. The van der Waals surface area contributed by atoms with E-state index in [1.165, 1.54) is 12.1 Å². The summed E-state index contributed by atoms with van der Waals surface area (Å²) < 4.78 is 17.8. The first-order valence-corrected chi connectivity index (χ1v) is 5.01. The first-order valence-electron chi connectivity index (χ1n) is 4.10. The van der Waals surface area contributed by atoms with Gasteiger partial charge in [-0.15, -0.1) is 0 Å². The zero-order valence-electron chi connectivity index (χ0n) is 7.68. The molecule has 0 aromatic heterocycles. The zero-order valence-corrected chi connectivity index (χ0v) is 9.27. The van der Waals surface area contributed by atoms with Crippen molar-refractivity contribution in [2.45, 2.75) is 18.2 Å². The highest BCUT2D eigenvalue weighted by molar-refractivity contribution is 9.09. The lowest BCUT2D eigenvalue weighted by atomic mass is 10.1. The van der Waals surface area contributed by atoms with Crippen LogP contribution in [0, 0.1) is 5.82 Å². The van der Waals surface area contributed by atoms with Gasteiger partial charge in [0.25, 0.3) is 0 Å². The van der Waals surface area contributed by atoms with Gasteiger partial charge in [-0.25, -0.2) is 4.39 Å². The zero-order chi connectivity index (χ0) is 9.84. The van der Waals surface area contributed by atoms with E-state index in [9.17, 15) is 4.39 Å². The van der Waals surface area contributed by atoms with E-state index in [1.54, 1.807) is 13.2 Å². The molecule has 0 aliphatic heterocycles. The van der Waals surface area contributed by atoms with Gasteiger partial charge in [0.15, 0.2) is 0 Å². The number of hydrogen-bond donors (Lipinski definition) is 0. The maximum Gasteiger partial charge on any atom is 0.126 e. The maximum atomic E-state index is 12.8. The van der Waals surface area contributed by atoms with Crippen LogP contribution in [0.5, 0.6) is 5.75 Å². The molecule has 0 N–H and O–H groups in total. The minimum absolute atomic E-state index is 0.261. The molecule has 1 aromatic carbocycles. The Labute approximate surface area is 86.0 Å². The molecule has 72 valence electrons. The highest BCUT2D eigenvalue weighted by Gasteiger charge is 2.06. The normalized spacial score (nSPS) is 12.6. The van der Waals surface area contributed by atoms with Crippen molar-refractivity contribution >= 4 is 15.9 Å². The molecule has 0 bridgehead atoms. The van der Waals surface area contributed by atoms with Crippen LogP contribution < -0.4 is 4.74 Å². The standard InChI is InChI=1S/C10H12BrFO/c1-7(11)5-8-3-4-9(12)6-10(8)13-2/h3-4,6-7H,5H2,1-2H3. The average molecular weight is 247 g/mol. The van der Waals surface area contributed by atoms with E-state index in [0.717, 1.165) is 12.0 Å². The van der Waals surface area contributed by atoms with Crippen LogP contribution in [0.1, 0.15) is 12.5 Å². The fraction of sp³-hybridized carbons (Fsp3) is 0.400. The third-order valence-electron chi connectivity index (χ3n) is 1.75. The number of ether oxygens (including phenoxy) is 1. The van der Waals surface area contributed by atoms with Crippen molar-refractivity contribution in [1.82, 2.24) is 0 Å². The fourth-order valence-electron chi connectivity index (χ4n) is 1.19. The molecule has 13 heavy (non-hydrogen) atoms. The molecule has 0 heterocycles. The first-order chi connectivity index (χ1) is 6.13. The molecular weight excluding hydrogens is 235 g/mol. The van der Waals surface area contributed by atoms with Crippen LogP contribution in [0.2, 0.25) is 0 Å². The predicted molar refractivity (Wildman–Crippen MR) is 55.0 cm³/mol. The molecule has 1 rings (SSSR count). The van der Waals surface area contributed by atoms with Gasteiger partial charge in [-0.1, -0.05) is 28.9 Å². The van der Waals surface area contributed by atoms with Crippen LogP contribution in [-0.2, 0) is 6.42 Å². The third kappa shape index (κ3) is 2.99. The molecule has 0 saturated heterocycles. The number of rotatable bonds is 3. The van der Waals surface area contributed by atoms with E-state index in [2.05, 4.69) is 15.9 Å². The van der Waals surface area contributed by atoms with Crippen molar-refractivity contribution in [3.63, 3.8) is 0 Å². The van der Waals surface area contributed by atoms with Crippen molar-refractivity contribution in [3.8, 4) is 5.75 Å². The summed E-state index contributed by atoms with van der Waals surface area (Å²) in [5.41, 5.74) is 1.02. The van der Waals surface area contributed by atoms with Crippen molar-refractivity contribution in [1.29, 1.82) is 0 Å². The summed E-state index contributed by atoms with van der Waals surface area (Å²) in [6, 6.07) is 4.61. The Bertz CT molecular complexity index is 286. The largest absolute Gasteiger partial charge is 0.496 e. The second-order valence-electron chi connectivity index (χ2n) is 2.94. The summed E-state index contributed by atoms with van der Waals surface area (Å²) in [6.07, 6.45) is 0.837. The van der Waals surface area contributed by atoms with Crippen LogP contribution in [0.4, 0.5) is 4.39 Å². The summed E-state index contributed by atoms with van der Waals surface area (Å²) in [4.78, 5) is 0.367. The topological polar surface area (TPSA) is 9.23 Å². The van der Waals surface area contributed by atoms with Gasteiger partial charge < -0.3 is 4.74 Å². The second kappa shape index (κ2) is 4.61. The maximum absolute atomic E-state index is 12.8. The Hall–Kier alpha value is -0.570. The fourth-order valence-corrected chi connectivity index (χ4v) is 1.54. The Morgan fingerprint density at radius 2 is 2.23 bits per heavy atom. The first kappa shape index (κ1) is 10.5. The molecule has 1 unspecified atom stereocenters. The van der Waals surface area contributed by atoms with Crippen LogP contribution in [0.3, 0.4) is 0 Å². The molecular formula is C10H12BrFO. The highest BCUT2D eigenvalue weighted by Crippen LogP contribution is 2.22. The van der Waals surface area contributed by atoms with Gasteiger partial charge in [-0.3, -0.25) is 0 Å². The van der Waals surface area contributed by atoms with Crippen LogP contribution in [0.15, 0.2) is 18.2 Å². The smallest absolute Gasteiger partial charge is 0.126 e. The number of alkyl halides is 1. The lowest BCUT2D eigenvalue weighted by molar-refractivity contribution is 0.406.